The molecule has 1 heterocycles. The second kappa shape index (κ2) is 3.87. The number of aryl methyl sites for hydroxylation is 1. The topological polar surface area (TPSA) is 58.2 Å². The van der Waals surface area contributed by atoms with Crippen LogP contribution in [0.4, 0.5) is 11.4 Å². The maximum absolute atomic E-state index is 11.6. The maximum atomic E-state index is 11.6. The largest absolute Gasteiger partial charge is 0.324 e. The third-order valence-electron chi connectivity index (χ3n) is 3.39. The summed E-state index contributed by atoms with van der Waals surface area (Å²) in [4.78, 5) is 23.0. The summed E-state index contributed by atoms with van der Waals surface area (Å²) < 4.78 is 0. The van der Waals surface area contributed by atoms with E-state index in [-0.39, 0.29) is 18.2 Å². The molecule has 0 saturated carbocycles. The molecule has 0 fully saturated rings. The number of rotatable bonds is 0. The normalized spacial score (nSPS) is 18.6. The van der Waals surface area contributed by atoms with Crippen LogP contribution in [0.5, 0.6) is 0 Å². The van der Waals surface area contributed by atoms with Gasteiger partial charge in [-0.1, -0.05) is 6.07 Å². The highest BCUT2D eigenvalue weighted by Gasteiger charge is 2.23. The first-order valence-corrected chi connectivity index (χ1v) is 5.98. The van der Waals surface area contributed by atoms with Crippen LogP contribution in [0.1, 0.15) is 30.4 Å². The Morgan fingerprint density at radius 1 is 0.941 bits per heavy atom. The zero-order valence-corrected chi connectivity index (χ0v) is 9.51. The predicted octanol–water partition coefficient (Wildman–Crippen LogP) is 1.85. The molecule has 0 atom stereocenters. The molecule has 0 radical (unpaired) electrons. The van der Waals surface area contributed by atoms with Gasteiger partial charge in [-0.25, -0.2) is 0 Å². The van der Waals surface area contributed by atoms with Gasteiger partial charge in [0.1, 0.15) is 6.42 Å². The first-order valence-electron chi connectivity index (χ1n) is 5.98. The van der Waals surface area contributed by atoms with Crippen molar-refractivity contribution in [3.05, 3.63) is 23.3 Å². The van der Waals surface area contributed by atoms with Gasteiger partial charge >= 0.3 is 0 Å². The predicted molar refractivity (Wildman–Crippen MR) is 65.0 cm³/mol. The van der Waals surface area contributed by atoms with Gasteiger partial charge in [-0.2, -0.15) is 0 Å². The summed E-state index contributed by atoms with van der Waals surface area (Å²) in [5.74, 6) is -0.461. The van der Waals surface area contributed by atoms with Gasteiger partial charge in [-0.15, -0.1) is 0 Å². The summed E-state index contributed by atoms with van der Waals surface area (Å²) in [5, 5.41) is 5.64. The van der Waals surface area contributed by atoms with Crippen molar-refractivity contribution in [2.24, 2.45) is 0 Å². The van der Waals surface area contributed by atoms with E-state index >= 15 is 0 Å². The Balaban J connectivity index is 2.12. The molecule has 0 saturated heterocycles. The Morgan fingerprint density at radius 2 is 1.71 bits per heavy atom. The van der Waals surface area contributed by atoms with Gasteiger partial charge in [0, 0.05) is 0 Å². The average Bonchev–Trinajstić information content (AvgIpc) is 2.46. The molecule has 88 valence electrons. The molecule has 2 N–H and O–H groups in total. The zero-order chi connectivity index (χ0) is 11.8. The van der Waals surface area contributed by atoms with Crippen LogP contribution in [0.3, 0.4) is 0 Å². The fourth-order valence-corrected chi connectivity index (χ4v) is 2.60. The van der Waals surface area contributed by atoms with E-state index in [1.165, 1.54) is 17.5 Å². The first kappa shape index (κ1) is 10.3. The zero-order valence-electron chi connectivity index (χ0n) is 9.51. The molecule has 0 aromatic heterocycles. The summed E-state index contributed by atoms with van der Waals surface area (Å²) in [6, 6.07) is 3.95. The van der Waals surface area contributed by atoms with Crippen molar-refractivity contribution in [2.45, 2.75) is 32.1 Å². The molecule has 0 spiro atoms. The van der Waals surface area contributed by atoms with Crippen LogP contribution < -0.4 is 10.6 Å². The fourth-order valence-electron chi connectivity index (χ4n) is 2.60. The SMILES string of the molecule is O=C1CC(=O)Nc2c(ccc3c2CCCC3)N1. The number of fused-ring (bicyclic) bond motifs is 3. The molecule has 4 nitrogen and oxygen atoms in total. The van der Waals surface area contributed by atoms with Crippen molar-refractivity contribution in [3.63, 3.8) is 0 Å². The molecule has 3 rings (SSSR count). The molecular weight excluding hydrogens is 216 g/mol. The lowest BCUT2D eigenvalue weighted by atomic mass is 9.90. The standard InChI is InChI=1S/C13H14N2O2/c16-11-7-12(17)15-13-9-4-2-1-3-8(9)5-6-10(13)14-11/h5-6H,1-4,7H2,(H,14,16)(H,15,17). The molecular formula is C13H14N2O2. The van der Waals surface area contributed by atoms with E-state index in [0.717, 1.165) is 30.6 Å². The summed E-state index contributed by atoms with van der Waals surface area (Å²) in [5.41, 5.74) is 4.05. The van der Waals surface area contributed by atoms with E-state index in [1.54, 1.807) is 0 Å². The summed E-state index contributed by atoms with van der Waals surface area (Å²) in [7, 11) is 0. The Bertz CT molecular complexity index is 508. The van der Waals surface area contributed by atoms with Crippen molar-refractivity contribution in [2.75, 3.05) is 10.6 Å². The molecule has 1 aromatic rings. The van der Waals surface area contributed by atoms with Gasteiger partial charge in [0.15, 0.2) is 0 Å². The number of benzene rings is 1. The van der Waals surface area contributed by atoms with E-state index in [0.29, 0.717) is 0 Å². The Kier molecular flexibility index (Phi) is 2.35. The van der Waals surface area contributed by atoms with Crippen molar-refractivity contribution in [1.29, 1.82) is 0 Å². The van der Waals surface area contributed by atoms with Crippen LogP contribution in [-0.4, -0.2) is 11.8 Å². The number of amides is 2. The molecule has 1 aliphatic carbocycles. The van der Waals surface area contributed by atoms with Crippen molar-refractivity contribution < 1.29 is 9.59 Å². The van der Waals surface area contributed by atoms with Gasteiger partial charge < -0.3 is 10.6 Å². The first-order chi connectivity index (χ1) is 8.24. The van der Waals surface area contributed by atoms with E-state index in [1.807, 2.05) is 6.07 Å². The van der Waals surface area contributed by atoms with Crippen molar-refractivity contribution in [1.82, 2.24) is 0 Å². The third kappa shape index (κ3) is 1.79. The van der Waals surface area contributed by atoms with Crippen LogP contribution in [0.25, 0.3) is 0 Å². The van der Waals surface area contributed by atoms with Crippen LogP contribution in [0.2, 0.25) is 0 Å². The van der Waals surface area contributed by atoms with Crippen LogP contribution in [-0.2, 0) is 22.4 Å². The Hall–Kier alpha value is -1.84. The molecule has 1 aromatic carbocycles. The molecule has 0 bridgehead atoms. The number of hydrogen-bond acceptors (Lipinski definition) is 2. The maximum Gasteiger partial charge on any atom is 0.233 e. The summed E-state index contributed by atoms with van der Waals surface area (Å²) >= 11 is 0. The Labute approximate surface area is 99.4 Å². The number of carbonyl (C=O) groups excluding carboxylic acids is 2. The van der Waals surface area contributed by atoms with E-state index in [2.05, 4.69) is 16.7 Å². The molecule has 17 heavy (non-hydrogen) atoms. The van der Waals surface area contributed by atoms with E-state index in [4.69, 9.17) is 0 Å². The highest BCUT2D eigenvalue weighted by Crippen LogP contribution is 2.35. The van der Waals surface area contributed by atoms with Gasteiger partial charge in [0.25, 0.3) is 0 Å². The second-order valence-electron chi connectivity index (χ2n) is 4.61. The third-order valence-corrected chi connectivity index (χ3v) is 3.39. The number of nitrogens with one attached hydrogen (secondary N) is 2. The second-order valence-corrected chi connectivity index (χ2v) is 4.61. The van der Waals surface area contributed by atoms with Crippen LogP contribution in [0, 0.1) is 0 Å². The smallest absolute Gasteiger partial charge is 0.233 e. The minimum absolute atomic E-state index is 0.0938. The lowest BCUT2D eigenvalue weighted by Gasteiger charge is -2.21. The van der Waals surface area contributed by atoms with E-state index < -0.39 is 0 Å². The van der Waals surface area contributed by atoms with Crippen molar-refractivity contribution in [3.8, 4) is 0 Å². The molecule has 1 aliphatic heterocycles. The molecule has 4 heteroatoms. The lowest BCUT2D eigenvalue weighted by Crippen LogP contribution is -2.16. The van der Waals surface area contributed by atoms with Gasteiger partial charge in [0.2, 0.25) is 11.8 Å². The molecule has 2 amide bonds. The molecule has 0 unspecified atom stereocenters. The van der Waals surface area contributed by atoms with Crippen LogP contribution >= 0.6 is 0 Å². The van der Waals surface area contributed by atoms with Gasteiger partial charge in [0.05, 0.1) is 11.4 Å². The van der Waals surface area contributed by atoms with Gasteiger partial charge in [-0.3, -0.25) is 9.59 Å². The number of hydrogen-bond donors (Lipinski definition) is 2. The minimum Gasteiger partial charge on any atom is -0.324 e. The van der Waals surface area contributed by atoms with Gasteiger partial charge in [-0.05, 0) is 42.9 Å². The molecule has 2 aliphatic rings. The number of carbonyl (C=O) groups is 2. The fraction of sp³-hybridized carbons (Fsp3) is 0.385. The highest BCUT2D eigenvalue weighted by atomic mass is 16.2. The lowest BCUT2D eigenvalue weighted by molar-refractivity contribution is -0.123. The Morgan fingerprint density at radius 3 is 2.59 bits per heavy atom. The highest BCUT2D eigenvalue weighted by molar-refractivity contribution is 6.13. The summed E-state index contributed by atoms with van der Waals surface area (Å²) in [6.45, 7) is 0. The quantitative estimate of drug-likeness (QED) is 0.668. The van der Waals surface area contributed by atoms with Crippen molar-refractivity contribution >= 4 is 23.2 Å². The van der Waals surface area contributed by atoms with E-state index in [9.17, 15) is 9.59 Å². The summed E-state index contributed by atoms with van der Waals surface area (Å²) in [6.07, 6.45) is 4.30. The monoisotopic (exact) mass is 230 g/mol. The average molecular weight is 230 g/mol. The van der Waals surface area contributed by atoms with Crippen LogP contribution in [0.15, 0.2) is 12.1 Å². The minimum atomic E-state index is -0.239. The number of anilines is 2.